The van der Waals surface area contributed by atoms with Crippen molar-refractivity contribution in [3.8, 4) is 0 Å². The Balaban J connectivity index is 1.83. The van der Waals surface area contributed by atoms with Gasteiger partial charge in [0.25, 0.3) is 5.92 Å². The van der Waals surface area contributed by atoms with Crippen LogP contribution in [0.2, 0.25) is 5.02 Å². The summed E-state index contributed by atoms with van der Waals surface area (Å²) in [6, 6.07) is 2.88. The van der Waals surface area contributed by atoms with Gasteiger partial charge in [0, 0.05) is 35.0 Å². The molecule has 10 heteroatoms. The van der Waals surface area contributed by atoms with Gasteiger partial charge in [-0.1, -0.05) is 11.6 Å². The largest absolute Gasteiger partial charge is 0.382 e. The molecule has 1 unspecified atom stereocenters. The number of aromatic nitrogens is 2. The number of nitrogens with one attached hydrogen (secondary N) is 1. The van der Waals surface area contributed by atoms with Crippen LogP contribution in [0.25, 0.3) is 10.9 Å². The Kier molecular flexibility index (Phi) is 5.26. The van der Waals surface area contributed by atoms with E-state index >= 15 is 0 Å². The minimum absolute atomic E-state index is 0.0152. The summed E-state index contributed by atoms with van der Waals surface area (Å²) in [5.41, 5.74) is 0.297. The van der Waals surface area contributed by atoms with Crippen molar-refractivity contribution in [2.45, 2.75) is 31.8 Å². The van der Waals surface area contributed by atoms with E-state index < -0.39 is 28.0 Å². The minimum atomic E-state index is -3.43. The van der Waals surface area contributed by atoms with E-state index in [1.165, 1.54) is 23.5 Å². The number of piperidine rings is 1. The number of hydrogen-bond donors (Lipinski definition) is 2. The molecule has 26 heavy (non-hydrogen) atoms. The molecule has 1 aromatic carbocycles. The lowest BCUT2D eigenvalue weighted by atomic mass is 9.85. The Morgan fingerprint density at radius 1 is 1.42 bits per heavy atom. The smallest absolute Gasteiger partial charge is 0.280 e. The number of aliphatic hydroxyl groups excluding tert-OH is 1. The van der Waals surface area contributed by atoms with Crippen LogP contribution in [0.5, 0.6) is 0 Å². The number of benzene rings is 1. The number of H-pyrrole nitrogens is 1. The van der Waals surface area contributed by atoms with Crippen LogP contribution in [0.15, 0.2) is 18.3 Å². The molecule has 1 saturated heterocycles. The first-order chi connectivity index (χ1) is 12.2. The second-order valence-corrected chi connectivity index (χ2v) is 9.17. The summed E-state index contributed by atoms with van der Waals surface area (Å²) in [6.07, 6.45) is -0.654. The van der Waals surface area contributed by atoms with Crippen molar-refractivity contribution < 1.29 is 22.3 Å². The molecule has 0 amide bonds. The van der Waals surface area contributed by atoms with Crippen molar-refractivity contribution in [1.29, 1.82) is 0 Å². The highest BCUT2D eigenvalue weighted by atomic mass is 35.5. The molecule has 0 saturated carbocycles. The molecule has 144 valence electrons. The van der Waals surface area contributed by atoms with E-state index in [2.05, 4.69) is 10.2 Å². The van der Waals surface area contributed by atoms with Crippen LogP contribution in [0, 0.1) is 5.92 Å². The Labute approximate surface area is 155 Å². The summed E-state index contributed by atoms with van der Waals surface area (Å²) >= 11 is 5.97. The lowest BCUT2D eigenvalue weighted by Gasteiger charge is -2.37. The number of fused-ring (bicyclic) bond motifs is 1. The van der Waals surface area contributed by atoms with Gasteiger partial charge < -0.3 is 5.11 Å². The van der Waals surface area contributed by atoms with Gasteiger partial charge in [0.15, 0.2) is 0 Å². The summed E-state index contributed by atoms with van der Waals surface area (Å²) in [6.45, 7) is 1.57. The molecule has 3 rings (SSSR count). The van der Waals surface area contributed by atoms with Crippen molar-refractivity contribution in [1.82, 2.24) is 14.5 Å². The zero-order valence-electron chi connectivity index (χ0n) is 14.1. The summed E-state index contributed by atoms with van der Waals surface area (Å²) < 4.78 is 54.9. The molecule has 0 radical (unpaired) electrons. The Morgan fingerprint density at radius 3 is 2.69 bits per heavy atom. The summed E-state index contributed by atoms with van der Waals surface area (Å²) in [5, 5.41) is 17.6. The van der Waals surface area contributed by atoms with Gasteiger partial charge in [0.2, 0.25) is 10.0 Å². The van der Waals surface area contributed by atoms with Gasteiger partial charge in [-0.05, 0) is 31.9 Å². The van der Waals surface area contributed by atoms with Crippen LogP contribution >= 0.6 is 11.6 Å². The first kappa shape index (κ1) is 19.5. The van der Waals surface area contributed by atoms with Crippen LogP contribution < -0.4 is 0 Å². The van der Waals surface area contributed by atoms with E-state index in [9.17, 15) is 22.3 Å². The van der Waals surface area contributed by atoms with Gasteiger partial charge in [-0.3, -0.25) is 5.10 Å². The summed E-state index contributed by atoms with van der Waals surface area (Å²) in [4.78, 5) is 0. The van der Waals surface area contributed by atoms with Gasteiger partial charge >= 0.3 is 0 Å². The lowest BCUT2D eigenvalue weighted by Crippen LogP contribution is -2.45. The predicted molar refractivity (Wildman–Crippen MR) is 94.8 cm³/mol. The number of aliphatic hydroxyl groups is 1. The SMILES string of the molecule is CCS(=O)(=O)N1CCC(C(F)(F)C(O)c2cc(Cl)cc3cn[nH]c23)CC1. The van der Waals surface area contributed by atoms with E-state index in [1.807, 2.05) is 0 Å². The molecule has 0 spiro atoms. The quantitative estimate of drug-likeness (QED) is 0.797. The number of sulfonamides is 1. The van der Waals surface area contributed by atoms with Crippen molar-refractivity contribution in [3.63, 3.8) is 0 Å². The Morgan fingerprint density at radius 2 is 2.08 bits per heavy atom. The van der Waals surface area contributed by atoms with Gasteiger partial charge in [0.05, 0.1) is 17.5 Å². The van der Waals surface area contributed by atoms with Crippen molar-refractivity contribution in [2.75, 3.05) is 18.8 Å². The monoisotopic (exact) mass is 407 g/mol. The van der Waals surface area contributed by atoms with E-state index in [0.717, 1.165) is 0 Å². The molecule has 1 aromatic heterocycles. The van der Waals surface area contributed by atoms with Gasteiger partial charge in [-0.15, -0.1) is 0 Å². The first-order valence-electron chi connectivity index (χ1n) is 8.33. The highest BCUT2D eigenvalue weighted by Crippen LogP contribution is 2.44. The molecule has 1 aliphatic heterocycles. The topological polar surface area (TPSA) is 86.3 Å². The van der Waals surface area contributed by atoms with Gasteiger partial charge in [-0.2, -0.15) is 5.10 Å². The zero-order valence-corrected chi connectivity index (χ0v) is 15.7. The van der Waals surface area contributed by atoms with Crippen LogP contribution in [0.4, 0.5) is 8.78 Å². The molecule has 1 atom stereocenters. The maximum atomic E-state index is 15.0. The van der Waals surface area contributed by atoms with Crippen LogP contribution in [-0.2, 0) is 10.0 Å². The first-order valence-corrected chi connectivity index (χ1v) is 10.3. The van der Waals surface area contributed by atoms with Crippen LogP contribution in [0.1, 0.15) is 31.4 Å². The maximum absolute atomic E-state index is 15.0. The molecular formula is C16H20ClF2N3O3S. The highest BCUT2D eigenvalue weighted by Gasteiger charge is 2.49. The second kappa shape index (κ2) is 7.03. The van der Waals surface area contributed by atoms with E-state index in [-0.39, 0.29) is 42.3 Å². The maximum Gasteiger partial charge on any atom is 0.280 e. The third-order valence-electron chi connectivity index (χ3n) is 4.96. The number of rotatable bonds is 5. The average Bonchev–Trinajstić information content (AvgIpc) is 3.08. The Bertz CT molecular complexity index is 895. The standard InChI is InChI=1S/C16H20ClF2N3O3S/c1-2-26(24,25)22-5-3-11(4-6-22)16(18,19)15(23)13-8-12(17)7-10-9-20-21-14(10)13/h7-9,11,15,23H,2-6H2,1H3,(H,20,21). The number of aromatic amines is 1. The average molecular weight is 408 g/mol. The highest BCUT2D eigenvalue weighted by molar-refractivity contribution is 7.89. The lowest BCUT2D eigenvalue weighted by molar-refractivity contribution is -0.158. The second-order valence-electron chi connectivity index (χ2n) is 6.48. The Hall–Kier alpha value is -1.29. The molecule has 0 bridgehead atoms. The molecule has 2 N–H and O–H groups in total. The van der Waals surface area contributed by atoms with Crippen molar-refractivity contribution in [2.24, 2.45) is 5.92 Å². The summed E-state index contributed by atoms with van der Waals surface area (Å²) in [5.74, 6) is -4.61. The van der Waals surface area contributed by atoms with Gasteiger partial charge in [-0.25, -0.2) is 21.5 Å². The normalized spacial score (nSPS) is 19.1. The molecule has 2 aromatic rings. The van der Waals surface area contributed by atoms with E-state index in [1.54, 1.807) is 6.07 Å². The molecule has 2 heterocycles. The predicted octanol–water partition coefficient (Wildman–Crippen LogP) is 2.95. The third-order valence-corrected chi connectivity index (χ3v) is 7.06. The van der Waals surface area contributed by atoms with Crippen molar-refractivity contribution >= 4 is 32.5 Å². The zero-order chi connectivity index (χ0) is 19.1. The van der Waals surface area contributed by atoms with Gasteiger partial charge in [0.1, 0.15) is 6.10 Å². The molecule has 0 aliphatic carbocycles. The van der Waals surface area contributed by atoms with E-state index in [4.69, 9.17) is 11.6 Å². The molecular weight excluding hydrogens is 388 g/mol. The number of nitrogens with zero attached hydrogens (tertiary/aromatic N) is 2. The minimum Gasteiger partial charge on any atom is -0.382 e. The fraction of sp³-hybridized carbons (Fsp3) is 0.562. The fourth-order valence-electron chi connectivity index (χ4n) is 3.39. The third kappa shape index (κ3) is 3.45. The van der Waals surface area contributed by atoms with Crippen LogP contribution in [-0.4, -0.2) is 52.8 Å². The van der Waals surface area contributed by atoms with Crippen LogP contribution in [0.3, 0.4) is 0 Å². The molecule has 1 aliphatic rings. The number of hydrogen-bond acceptors (Lipinski definition) is 4. The summed E-state index contributed by atoms with van der Waals surface area (Å²) in [7, 11) is -3.39. The van der Waals surface area contributed by atoms with Crippen molar-refractivity contribution in [3.05, 3.63) is 28.9 Å². The fourth-order valence-corrected chi connectivity index (χ4v) is 4.76. The molecule has 1 fully saturated rings. The van der Waals surface area contributed by atoms with E-state index in [0.29, 0.717) is 10.9 Å². The molecule has 6 nitrogen and oxygen atoms in total. The number of alkyl halides is 2. The number of halogens is 3.